The zero-order chi connectivity index (χ0) is 66.9. The minimum absolute atomic E-state index is 0.0507. The lowest BCUT2D eigenvalue weighted by Gasteiger charge is -2.28. The molecule has 0 rings (SSSR count). The number of likely N-dealkylation sites (N-methyl/N-ethyl adjacent to an activating group) is 1. The molecule has 0 fully saturated rings. The summed E-state index contributed by atoms with van der Waals surface area (Å²) < 4.78 is 34.2. The predicted octanol–water partition coefficient (Wildman–Crippen LogP) is 23.2. The highest BCUT2D eigenvalue weighted by atomic mass is 31.2. The van der Waals surface area contributed by atoms with Gasteiger partial charge in [0.05, 0.1) is 27.7 Å². The van der Waals surface area contributed by atoms with Crippen LogP contribution in [-0.4, -0.2) is 70.0 Å². The van der Waals surface area contributed by atoms with Crippen molar-refractivity contribution in [3.05, 3.63) is 207 Å². The summed E-state index contributed by atoms with van der Waals surface area (Å²) in [5.74, 6) is -0.900. The smallest absolute Gasteiger partial charge is 0.306 e. The van der Waals surface area contributed by atoms with Crippen molar-refractivity contribution >= 4 is 19.8 Å². The van der Waals surface area contributed by atoms with Gasteiger partial charge in [-0.3, -0.25) is 14.2 Å². The van der Waals surface area contributed by atoms with Gasteiger partial charge < -0.3 is 27.9 Å². The maximum atomic E-state index is 12.9. The van der Waals surface area contributed by atoms with Gasteiger partial charge >= 0.3 is 11.9 Å². The van der Waals surface area contributed by atoms with Crippen molar-refractivity contribution in [2.75, 3.05) is 47.5 Å². The number of quaternary nitrogens is 1. The van der Waals surface area contributed by atoms with Crippen molar-refractivity contribution in [3.8, 4) is 0 Å². The number of nitrogens with zero attached hydrogens (tertiary/aromatic N) is 1. The van der Waals surface area contributed by atoms with Crippen LogP contribution in [0.5, 0.6) is 0 Å². The number of unbranched alkanes of at least 4 members (excludes halogenated alkanes) is 15. The Labute approximate surface area is 564 Å². The van der Waals surface area contributed by atoms with Crippen molar-refractivity contribution < 1.29 is 42.1 Å². The normalized spacial score (nSPS) is 14.4. The number of phosphoric ester groups is 1. The molecule has 9 nitrogen and oxygen atoms in total. The van der Waals surface area contributed by atoms with E-state index in [-0.39, 0.29) is 26.1 Å². The molecule has 10 heteroatoms. The Morgan fingerprint density at radius 3 is 0.891 bits per heavy atom. The van der Waals surface area contributed by atoms with E-state index in [1.807, 2.05) is 21.1 Å². The second kappa shape index (κ2) is 69.9. The molecule has 0 radical (unpaired) electrons. The molecule has 0 saturated carbocycles. The lowest BCUT2D eigenvalue weighted by molar-refractivity contribution is -0.870. The molecule has 2 unspecified atom stereocenters. The third kappa shape index (κ3) is 73.6. The number of hydrogen-bond donors (Lipinski definition) is 0. The first-order chi connectivity index (χ1) is 45.0. The van der Waals surface area contributed by atoms with Crippen LogP contribution in [0.15, 0.2) is 207 Å². The van der Waals surface area contributed by atoms with Crippen LogP contribution >= 0.6 is 7.82 Å². The molecule has 92 heavy (non-hydrogen) atoms. The first-order valence-corrected chi connectivity index (χ1v) is 37.3. The van der Waals surface area contributed by atoms with Gasteiger partial charge in [0, 0.05) is 12.8 Å². The maximum Gasteiger partial charge on any atom is 0.306 e. The Balaban J connectivity index is 4.21. The average Bonchev–Trinajstić information content (AvgIpc) is 2.14. The standard InChI is InChI=1S/C82H130NO8P/c1-6-8-10-12-14-16-18-20-22-24-26-28-30-32-34-36-37-38-39-40-41-42-43-44-45-47-49-51-53-55-57-59-61-63-65-67-69-71-73-75-82(85)91-80(79-90-92(86,87)89-77-76-83(3,4)5)78-88-81(84)74-72-70-68-66-64-62-60-58-56-54-52-50-48-46-35-33-31-29-27-25-23-21-19-17-15-13-11-9-7-2/h8-11,14-17,20-23,26-29,32-35,37-38,40-41,43-44,47,49,53,55,59,61,65,67,80H,6-7,12-13,18-19,24-25,30-31,36,39,42,45-46,48,50-52,54,56-58,60,62-64,66,68-79H2,1-5H3/b10-8-,11-9-,16-14-,17-15-,22-20-,23-21-,28-26-,29-27-,34-32-,35-33-,38-37-,41-40-,44-43-,49-47-,55-53-,61-59-,67-65-. The van der Waals surface area contributed by atoms with E-state index >= 15 is 0 Å². The largest absolute Gasteiger partial charge is 0.756 e. The van der Waals surface area contributed by atoms with E-state index in [4.69, 9.17) is 18.5 Å². The molecule has 0 aliphatic carbocycles. The van der Waals surface area contributed by atoms with Crippen LogP contribution in [0.1, 0.15) is 245 Å². The van der Waals surface area contributed by atoms with Gasteiger partial charge in [0.1, 0.15) is 19.8 Å². The summed E-state index contributed by atoms with van der Waals surface area (Å²) >= 11 is 0. The summed E-state index contributed by atoms with van der Waals surface area (Å²) in [5, 5.41) is 0. The van der Waals surface area contributed by atoms with E-state index in [1.54, 1.807) is 0 Å². The van der Waals surface area contributed by atoms with E-state index in [9.17, 15) is 19.0 Å². The lowest BCUT2D eigenvalue weighted by Crippen LogP contribution is -2.37. The summed E-state index contributed by atoms with van der Waals surface area (Å²) in [6.45, 7) is 3.94. The average molecular weight is 1290 g/mol. The van der Waals surface area contributed by atoms with E-state index < -0.39 is 32.5 Å². The molecule has 0 aliphatic rings. The van der Waals surface area contributed by atoms with E-state index in [0.717, 1.165) is 141 Å². The van der Waals surface area contributed by atoms with Crippen molar-refractivity contribution in [1.29, 1.82) is 0 Å². The number of carbonyl (C=O) groups is 2. The second-order valence-electron chi connectivity index (χ2n) is 24.1. The summed E-state index contributed by atoms with van der Waals surface area (Å²) in [4.78, 5) is 38.1. The fraction of sp³-hybridized carbons (Fsp3) is 0.561. The van der Waals surface area contributed by atoms with Crippen LogP contribution in [0.4, 0.5) is 0 Å². The highest BCUT2D eigenvalue weighted by Gasteiger charge is 2.22. The van der Waals surface area contributed by atoms with Gasteiger partial charge in [-0.25, -0.2) is 0 Å². The molecule has 2 atom stereocenters. The van der Waals surface area contributed by atoms with Gasteiger partial charge in [-0.2, -0.15) is 0 Å². The SMILES string of the molecule is CC/C=C\C/C=C\C/C=C\C/C=C\C/C=C\C/C=C\C/C=C\C/C=C\C/C=C\C/C=C\C/C=C\C/C=C\CCCCC(=O)OC(COC(=O)CCCCCCCCCCCCCCC/C=C\C/C=C\C/C=C\C/C=C\C/C=C\CC)COP(=O)([O-])OCC[N+](C)(C)C. The zero-order valence-electron chi connectivity index (χ0n) is 58.7. The van der Waals surface area contributed by atoms with Crippen molar-refractivity contribution in [1.82, 2.24) is 0 Å². The number of phosphoric acid groups is 1. The molecule has 0 amide bonds. The highest BCUT2D eigenvalue weighted by Crippen LogP contribution is 2.38. The summed E-state index contributed by atoms with van der Waals surface area (Å²) in [5.41, 5.74) is 0. The summed E-state index contributed by atoms with van der Waals surface area (Å²) in [6.07, 6.45) is 111. The Bertz CT molecular complexity index is 2310. The first-order valence-electron chi connectivity index (χ1n) is 35.8. The van der Waals surface area contributed by atoms with Crippen LogP contribution in [-0.2, 0) is 32.7 Å². The van der Waals surface area contributed by atoms with Crippen LogP contribution in [0.2, 0.25) is 0 Å². The number of hydrogen-bond acceptors (Lipinski definition) is 8. The van der Waals surface area contributed by atoms with Crippen molar-refractivity contribution in [2.45, 2.75) is 251 Å². The first kappa shape index (κ1) is 86.6. The Hall–Kier alpha value is -5.41. The van der Waals surface area contributed by atoms with Crippen molar-refractivity contribution in [3.63, 3.8) is 0 Å². The third-order valence-corrected chi connectivity index (χ3v) is 15.3. The molecule has 0 heterocycles. The fourth-order valence-electron chi connectivity index (χ4n) is 8.90. The minimum Gasteiger partial charge on any atom is -0.756 e. The van der Waals surface area contributed by atoms with Crippen molar-refractivity contribution in [2.24, 2.45) is 0 Å². The van der Waals surface area contributed by atoms with Gasteiger partial charge in [0.25, 0.3) is 7.82 Å². The molecule has 0 N–H and O–H groups in total. The Morgan fingerprint density at radius 2 is 0.587 bits per heavy atom. The Kier molecular flexibility index (Phi) is 65.8. The van der Waals surface area contributed by atoms with Gasteiger partial charge in [-0.15, -0.1) is 0 Å². The molecule has 0 aromatic heterocycles. The van der Waals surface area contributed by atoms with Crippen LogP contribution in [0, 0.1) is 0 Å². The molecular formula is C82H130NO8P. The number of rotatable bonds is 63. The van der Waals surface area contributed by atoms with Gasteiger partial charge in [0.2, 0.25) is 0 Å². The fourth-order valence-corrected chi connectivity index (χ4v) is 9.63. The van der Waals surface area contributed by atoms with E-state index in [0.29, 0.717) is 23.9 Å². The molecular weight excluding hydrogens is 1160 g/mol. The van der Waals surface area contributed by atoms with Gasteiger partial charge in [-0.05, 0) is 148 Å². The molecule has 0 aromatic carbocycles. The topological polar surface area (TPSA) is 111 Å². The van der Waals surface area contributed by atoms with E-state index in [2.05, 4.69) is 220 Å². The summed E-state index contributed by atoms with van der Waals surface area (Å²) in [7, 11) is 1.11. The van der Waals surface area contributed by atoms with Crippen LogP contribution < -0.4 is 4.89 Å². The minimum atomic E-state index is -4.67. The van der Waals surface area contributed by atoms with Crippen LogP contribution in [0.25, 0.3) is 0 Å². The zero-order valence-corrected chi connectivity index (χ0v) is 59.5. The third-order valence-electron chi connectivity index (χ3n) is 14.3. The van der Waals surface area contributed by atoms with Gasteiger partial charge in [-0.1, -0.05) is 291 Å². The predicted molar refractivity (Wildman–Crippen MR) is 396 cm³/mol. The molecule has 0 aliphatic heterocycles. The molecule has 0 saturated heterocycles. The number of ether oxygens (including phenoxy) is 2. The lowest BCUT2D eigenvalue weighted by atomic mass is 10.0. The van der Waals surface area contributed by atoms with Crippen LogP contribution in [0.3, 0.4) is 0 Å². The number of allylic oxidation sites excluding steroid dienone is 34. The number of esters is 2. The second-order valence-corrected chi connectivity index (χ2v) is 25.5. The maximum absolute atomic E-state index is 12.9. The molecule has 0 spiro atoms. The van der Waals surface area contributed by atoms with E-state index in [1.165, 1.54) is 64.2 Å². The van der Waals surface area contributed by atoms with Gasteiger partial charge in [0.15, 0.2) is 6.10 Å². The molecule has 0 bridgehead atoms. The quantitative estimate of drug-likeness (QED) is 0.0195. The highest BCUT2D eigenvalue weighted by molar-refractivity contribution is 7.45. The molecule has 516 valence electrons. The number of carbonyl (C=O) groups excluding carboxylic acids is 2. The molecule has 0 aromatic rings. The summed E-state index contributed by atoms with van der Waals surface area (Å²) in [6, 6.07) is 0. The monoisotopic (exact) mass is 1290 g/mol. The Morgan fingerprint density at radius 1 is 0.337 bits per heavy atom.